The maximum atomic E-state index is 12.2. The number of hydrogen-bond donors (Lipinski definition) is 1. The quantitative estimate of drug-likeness (QED) is 0.660. The lowest BCUT2D eigenvalue weighted by Crippen LogP contribution is -2.33. The Balaban J connectivity index is 1.74. The third kappa shape index (κ3) is 2.82. The number of rotatable bonds is 3. The summed E-state index contributed by atoms with van der Waals surface area (Å²) in [6.45, 7) is 1.07. The van der Waals surface area contributed by atoms with Gasteiger partial charge in [0.15, 0.2) is 17.3 Å². The minimum atomic E-state index is -0.0644. The number of methoxy groups -OCH3 is 1. The summed E-state index contributed by atoms with van der Waals surface area (Å²) >= 11 is 0. The molecule has 26 heavy (non-hydrogen) atoms. The number of aliphatic hydroxyl groups excluding tert-OH is 1. The standard InChI is InChI=1S/C20H25NO5/c1-21-8-7-12-9-17-19(26-11-25-17)20(24-2)18(12)14(21)10-16(23)13-5-3-4-6-15(13)22/h9,14,23H,3-8,10-11H2,1-2H3/t14-/m0/s1. The van der Waals surface area contributed by atoms with Crippen LogP contribution in [-0.4, -0.2) is 43.3 Å². The molecule has 1 N–H and O–H groups in total. The molecule has 1 atom stereocenters. The Morgan fingerprint density at radius 2 is 2.12 bits per heavy atom. The van der Waals surface area contributed by atoms with Crippen molar-refractivity contribution < 1.29 is 24.1 Å². The highest BCUT2D eigenvalue weighted by Gasteiger charge is 2.35. The minimum absolute atomic E-state index is 0.0644. The zero-order valence-electron chi connectivity index (χ0n) is 15.3. The lowest BCUT2D eigenvalue weighted by Gasteiger charge is -2.36. The van der Waals surface area contributed by atoms with Crippen LogP contribution in [0.2, 0.25) is 0 Å². The normalized spacial score (nSPS) is 24.4. The van der Waals surface area contributed by atoms with Crippen molar-refractivity contribution >= 4 is 5.78 Å². The van der Waals surface area contributed by atoms with Gasteiger partial charge >= 0.3 is 0 Å². The number of fused-ring (bicyclic) bond motifs is 2. The van der Waals surface area contributed by atoms with Gasteiger partial charge < -0.3 is 19.3 Å². The molecule has 1 aromatic rings. The molecule has 2 aliphatic heterocycles. The lowest BCUT2D eigenvalue weighted by molar-refractivity contribution is -0.116. The van der Waals surface area contributed by atoms with E-state index in [0.29, 0.717) is 42.1 Å². The Labute approximate surface area is 153 Å². The predicted octanol–water partition coefficient (Wildman–Crippen LogP) is 3.30. The molecule has 1 fully saturated rings. The van der Waals surface area contributed by atoms with Crippen molar-refractivity contribution in [2.75, 3.05) is 27.5 Å². The number of aliphatic hydroxyl groups is 1. The summed E-state index contributed by atoms with van der Waals surface area (Å²) in [4.78, 5) is 14.4. The van der Waals surface area contributed by atoms with E-state index in [0.717, 1.165) is 36.9 Å². The molecule has 3 aliphatic rings. The third-order valence-corrected chi connectivity index (χ3v) is 5.70. The number of ether oxygens (including phenoxy) is 3. The fourth-order valence-corrected chi connectivity index (χ4v) is 4.27. The van der Waals surface area contributed by atoms with Crippen molar-refractivity contribution in [3.8, 4) is 17.2 Å². The van der Waals surface area contributed by atoms with E-state index in [1.807, 2.05) is 13.1 Å². The molecule has 0 bridgehead atoms. The number of carbonyl (C=O) groups is 1. The van der Waals surface area contributed by atoms with Crippen molar-refractivity contribution in [3.05, 3.63) is 28.5 Å². The molecular weight excluding hydrogens is 334 g/mol. The zero-order chi connectivity index (χ0) is 18.3. The van der Waals surface area contributed by atoms with Gasteiger partial charge in [-0.15, -0.1) is 0 Å². The zero-order valence-corrected chi connectivity index (χ0v) is 15.3. The minimum Gasteiger partial charge on any atom is -0.512 e. The van der Waals surface area contributed by atoms with Crippen LogP contribution >= 0.6 is 0 Å². The highest BCUT2D eigenvalue weighted by molar-refractivity contribution is 5.96. The maximum absolute atomic E-state index is 12.2. The van der Waals surface area contributed by atoms with E-state index in [-0.39, 0.29) is 24.4 Å². The molecule has 0 saturated heterocycles. The molecule has 1 aliphatic carbocycles. The molecule has 0 amide bonds. The molecule has 6 nitrogen and oxygen atoms in total. The van der Waals surface area contributed by atoms with Gasteiger partial charge in [0.25, 0.3) is 0 Å². The monoisotopic (exact) mass is 359 g/mol. The van der Waals surface area contributed by atoms with Gasteiger partial charge in [-0.2, -0.15) is 0 Å². The second kappa shape index (κ2) is 6.83. The molecule has 2 heterocycles. The second-order valence-electron chi connectivity index (χ2n) is 7.22. The summed E-state index contributed by atoms with van der Waals surface area (Å²) in [6.07, 6.45) is 4.38. The molecule has 140 valence electrons. The fourth-order valence-electron chi connectivity index (χ4n) is 4.27. The fraction of sp³-hybridized carbons (Fsp3) is 0.550. The summed E-state index contributed by atoms with van der Waals surface area (Å²) in [7, 11) is 3.67. The summed E-state index contributed by atoms with van der Waals surface area (Å²) < 4.78 is 16.8. The van der Waals surface area contributed by atoms with Gasteiger partial charge in [0.1, 0.15) is 5.76 Å². The number of nitrogens with zero attached hydrogens (tertiary/aromatic N) is 1. The average molecular weight is 359 g/mol. The third-order valence-electron chi connectivity index (χ3n) is 5.70. The smallest absolute Gasteiger partial charge is 0.231 e. The van der Waals surface area contributed by atoms with Gasteiger partial charge in [0, 0.05) is 36.6 Å². The number of hydrogen-bond acceptors (Lipinski definition) is 6. The van der Waals surface area contributed by atoms with Crippen LogP contribution in [0.4, 0.5) is 0 Å². The van der Waals surface area contributed by atoms with Gasteiger partial charge in [0.05, 0.1) is 7.11 Å². The van der Waals surface area contributed by atoms with Crippen LogP contribution in [0.1, 0.15) is 49.3 Å². The van der Waals surface area contributed by atoms with E-state index in [2.05, 4.69) is 4.90 Å². The lowest BCUT2D eigenvalue weighted by atomic mass is 9.86. The molecule has 0 spiro atoms. The highest BCUT2D eigenvalue weighted by Crippen LogP contribution is 2.50. The molecular formula is C20H25NO5. The number of allylic oxidation sites excluding steroid dienone is 1. The van der Waals surface area contributed by atoms with Crippen molar-refractivity contribution in [1.82, 2.24) is 4.90 Å². The Bertz CT molecular complexity index is 770. The van der Waals surface area contributed by atoms with Crippen LogP contribution in [0, 0.1) is 0 Å². The first-order valence-electron chi connectivity index (χ1n) is 9.24. The van der Waals surface area contributed by atoms with E-state index in [9.17, 15) is 9.90 Å². The van der Waals surface area contributed by atoms with Crippen LogP contribution in [0.25, 0.3) is 0 Å². The molecule has 0 aromatic heterocycles. The predicted molar refractivity (Wildman–Crippen MR) is 95.9 cm³/mol. The number of Topliss-reactive ketones (excluding diaryl/α,β-unsaturated/α-hetero) is 1. The van der Waals surface area contributed by atoms with E-state index in [4.69, 9.17) is 14.2 Å². The molecule has 1 aromatic carbocycles. The van der Waals surface area contributed by atoms with Crippen LogP contribution in [0.5, 0.6) is 17.2 Å². The van der Waals surface area contributed by atoms with E-state index < -0.39 is 0 Å². The molecule has 1 saturated carbocycles. The summed E-state index contributed by atoms with van der Waals surface area (Å²) in [6, 6.07) is 1.96. The van der Waals surface area contributed by atoms with Crippen molar-refractivity contribution in [2.24, 2.45) is 0 Å². The van der Waals surface area contributed by atoms with E-state index in [1.54, 1.807) is 7.11 Å². The van der Waals surface area contributed by atoms with Gasteiger partial charge in [0.2, 0.25) is 12.5 Å². The van der Waals surface area contributed by atoms with E-state index in [1.165, 1.54) is 0 Å². The number of benzene rings is 1. The largest absolute Gasteiger partial charge is 0.512 e. The number of ketones is 1. The van der Waals surface area contributed by atoms with Crippen LogP contribution in [0.3, 0.4) is 0 Å². The number of carbonyl (C=O) groups excluding carboxylic acids is 1. The first kappa shape index (κ1) is 17.2. The summed E-state index contributed by atoms with van der Waals surface area (Å²) in [5.41, 5.74) is 2.79. The molecule has 6 heteroatoms. The Morgan fingerprint density at radius 3 is 2.88 bits per heavy atom. The van der Waals surface area contributed by atoms with Crippen molar-refractivity contribution in [2.45, 2.75) is 44.6 Å². The number of likely N-dealkylation sites (N-methyl/N-ethyl adjacent to an activating group) is 1. The van der Waals surface area contributed by atoms with Crippen molar-refractivity contribution in [1.29, 1.82) is 0 Å². The van der Waals surface area contributed by atoms with Gasteiger partial charge in [-0.1, -0.05) is 0 Å². The summed E-state index contributed by atoms with van der Waals surface area (Å²) in [5, 5.41) is 10.7. The van der Waals surface area contributed by atoms with E-state index >= 15 is 0 Å². The maximum Gasteiger partial charge on any atom is 0.231 e. The molecule has 0 radical (unpaired) electrons. The van der Waals surface area contributed by atoms with Gasteiger partial charge in [-0.05, 0) is 44.4 Å². The second-order valence-corrected chi connectivity index (χ2v) is 7.22. The van der Waals surface area contributed by atoms with Gasteiger partial charge in [-0.3, -0.25) is 9.69 Å². The molecule has 0 unspecified atom stereocenters. The highest BCUT2D eigenvalue weighted by atomic mass is 16.7. The van der Waals surface area contributed by atoms with Crippen LogP contribution < -0.4 is 14.2 Å². The first-order valence-corrected chi connectivity index (χ1v) is 9.24. The Hall–Kier alpha value is -2.21. The summed E-state index contributed by atoms with van der Waals surface area (Å²) in [5.74, 6) is 2.34. The Kier molecular flexibility index (Phi) is 4.53. The van der Waals surface area contributed by atoms with Crippen molar-refractivity contribution in [3.63, 3.8) is 0 Å². The SMILES string of the molecule is COc1c2c(cc3c1[C@H](CC(O)=C1CCCCC1=O)N(C)CC3)OCO2. The Morgan fingerprint density at radius 1 is 1.31 bits per heavy atom. The van der Waals surface area contributed by atoms with Crippen LogP contribution in [0.15, 0.2) is 17.4 Å². The van der Waals surface area contributed by atoms with Crippen LogP contribution in [-0.2, 0) is 11.2 Å². The van der Waals surface area contributed by atoms with Gasteiger partial charge in [-0.25, -0.2) is 0 Å². The average Bonchev–Trinajstić information content (AvgIpc) is 3.10. The first-order chi connectivity index (χ1) is 12.6. The molecule has 4 rings (SSSR count). The topological polar surface area (TPSA) is 68.2 Å².